The van der Waals surface area contributed by atoms with E-state index >= 15 is 0 Å². The quantitative estimate of drug-likeness (QED) is 0.752. The van der Waals surface area contributed by atoms with Gasteiger partial charge in [0.2, 0.25) is 0 Å². The minimum absolute atomic E-state index is 0.597. The minimum atomic E-state index is -0.911. The molecule has 1 aromatic heterocycles. The van der Waals surface area contributed by atoms with Crippen LogP contribution in [0.5, 0.6) is 0 Å². The first kappa shape index (κ1) is 9.71. The molecule has 3 nitrogen and oxygen atoms in total. The molecular weight excluding hydrogens is 166 g/mol. The fourth-order valence-corrected chi connectivity index (χ4v) is 1.00. The van der Waals surface area contributed by atoms with Crippen molar-refractivity contribution in [3.05, 3.63) is 29.6 Å². The van der Waals surface area contributed by atoms with Crippen molar-refractivity contribution in [3.8, 4) is 0 Å². The molecule has 0 aliphatic heterocycles. The van der Waals surface area contributed by atoms with Gasteiger partial charge in [0.25, 0.3) is 0 Å². The van der Waals surface area contributed by atoms with Crippen molar-refractivity contribution in [1.82, 2.24) is 4.98 Å². The summed E-state index contributed by atoms with van der Waals surface area (Å²) >= 11 is 0. The highest BCUT2D eigenvalue weighted by molar-refractivity contribution is 5.79. The third-order valence-corrected chi connectivity index (χ3v) is 2.06. The van der Waals surface area contributed by atoms with Crippen LogP contribution in [0.2, 0.25) is 0 Å². The third kappa shape index (κ3) is 1.86. The lowest BCUT2D eigenvalue weighted by molar-refractivity contribution is -0.142. The highest BCUT2D eigenvalue weighted by Gasteiger charge is 2.30. The molecule has 0 fully saturated rings. The van der Waals surface area contributed by atoms with Crippen LogP contribution in [0.15, 0.2) is 18.2 Å². The van der Waals surface area contributed by atoms with Crippen molar-refractivity contribution >= 4 is 5.97 Å². The summed E-state index contributed by atoms with van der Waals surface area (Å²) in [6, 6.07) is 5.41. The average molecular weight is 179 g/mol. The topological polar surface area (TPSA) is 50.2 Å². The van der Waals surface area contributed by atoms with Gasteiger partial charge in [-0.25, -0.2) is 0 Å². The Morgan fingerprint density at radius 1 is 1.46 bits per heavy atom. The predicted molar refractivity (Wildman–Crippen MR) is 49.6 cm³/mol. The Labute approximate surface area is 77.4 Å². The van der Waals surface area contributed by atoms with E-state index in [1.165, 1.54) is 0 Å². The van der Waals surface area contributed by atoms with Gasteiger partial charge in [-0.2, -0.15) is 0 Å². The Kier molecular flexibility index (Phi) is 2.36. The maximum absolute atomic E-state index is 10.9. The number of carboxylic acids is 1. The number of carbonyl (C=O) groups is 1. The van der Waals surface area contributed by atoms with Gasteiger partial charge in [0.05, 0.1) is 5.69 Å². The first-order chi connectivity index (χ1) is 5.94. The van der Waals surface area contributed by atoms with Crippen molar-refractivity contribution < 1.29 is 9.90 Å². The molecule has 1 heterocycles. The number of hydrogen-bond acceptors (Lipinski definition) is 2. The Morgan fingerprint density at radius 2 is 2.08 bits per heavy atom. The van der Waals surface area contributed by atoms with E-state index in [9.17, 15) is 4.79 Å². The second-order valence-corrected chi connectivity index (χ2v) is 3.59. The molecule has 0 aliphatic rings. The molecule has 1 rings (SSSR count). The Morgan fingerprint density at radius 3 is 2.54 bits per heavy atom. The molecule has 0 bridgehead atoms. The molecule has 1 N–H and O–H groups in total. The monoisotopic (exact) mass is 179 g/mol. The highest BCUT2D eigenvalue weighted by Crippen LogP contribution is 2.21. The van der Waals surface area contributed by atoms with Gasteiger partial charge in [-0.15, -0.1) is 0 Å². The molecule has 70 valence electrons. The van der Waals surface area contributed by atoms with Crippen molar-refractivity contribution in [2.45, 2.75) is 26.2 Å². The van der Waals surface area contributed by atoms with Gasteiger partial charge >= 0.3 is 5.97 Å². The predicted octanol–water partition coefficient (Wildman–Crippen LogP) is 1.75. The molecule has 0 saturated carbocycles. The molecule has 0 spiro atoms. The maximum Gasteiger partial charge on any atom is 0.315 e. The van der Waals surface area contributed by atoms with Crippen LogP contribution in [0.3, 0.4) is 0 Å². The normalized spacial score (nSPS) is 11.3. The lowest BCUT2D eigenvalue weighted by Crippen LogP contribution is -2.29. The fourth-order valence-electron chi connectivity index (χ4n) is 1.00. The molecule has 0 amide bonds. The average Bonchev–Trinajstić information content (AvgIpc) is 2.04. The summed E-state index contributed by atoms with van der Waals surface area (Å²) in [6.45, 7) is 5.15. The van der Waals surface area contributed by atoms with Crippen molar-refractivity contribution in [2.75, 3.05) is 0 Å². The van der Waals surface area contributed by atoms with Crippen LogP contribution in [-0.4, -0.2) is 16.1 Å². The molecule has 0 aliphatic carbocycles. The standard InChI is InChI=1S/C10H13NO2/c1-7-5-4-6-8(11-7)10(2,3)9(12)13/h4-6H,1-3H3,(H,12,13). The molecule has 0 atom stereocenters. The van der Waals surface area contributed by atoms with Gasteiger partial charge in [0.1, 0.15) is 5.41 Å². The van der Waals surface area contributed by atoms with Gasteiger partial charge in [-0.1, -0.05) is 6.07 Å². The van der Waals surface area contributed by atoms with Crippen LogP contribution >= 0.6 is 0 Å². The van der Waals surface area contributed by atoms with Crippen LogP contribution in [0.1, 0.15) is 25.2 Å². The molecule has 0 saturated heterocycles. The first-order valence-corrected chi connectivity index (χ1v) is 4.12. The van der Waals surface area contributed by atoms with Crippen LogP contribution in [-0.2, 0) is 10.2 Å². The first-order valence-electron chi connectivity index (χ1n) is 4.12. The summed E-state index contributed by atoms with van der Waals surface area (Å²) in [5.41, 5.74) is 0.526. The Balaban J connectivity index is 3.14. The zero-order valence-corrected chi connectivity index (χ0v) is 8.03. The molecular formula is C10H13NO2. The number of aryl methyl sites for hydroxylation is 1. The molecule has 13 heavy (non-hydrogen) atoms. The van der Waals surface area contributed by atoms with Gasteiger partial charge in [0, 0.05) is 5.69 Å². The van der Waals surface area contributed by atoms with E-state index in [1.54, 1.807) is 19.9 Å². The van der Waals surface area contributed by atoms with E-state index in [4.69, 9.17) is 5.11 Å². The summed E-state index contributed by atoms with van der Waals surface area (Å²) in [7, 11) is 0. The second kappa shape index (κ2) is 3.17. The molecule has 0 aromatic carbocycles. The molecule has 0 unspecified atom stereocenters. The lowest BCUT2D eigenvalue weighted by atomic mass is 9.89. The van der Waals surface area contributed by atoms with Gasteiger partial charge < -0.3 is 5.11 Å². The molecule has 0 radical (unpaired) electrons. The summed E-state index contributed by atoms with van der Waals surface area (Å²) in [5, 5.41) is 8.95. The van der Waals surface area contributed by atoms with Crippen molar-refractivity contribution in [1.29, 1.82) is 0 Å². The summed E-state index contributed by atoms with van der Waals surface area (Å²) < 4.78 is 0. The van der Waals surface area contributed by atoms with E-state index in [0.29, 0.717) is 5.69 Å². The largest absolute Gasteiger partial charge is 0.481 e. The number of aliphatic carboxylic acids is 1. The number of aromatic nitrogens is 1. The van der Waals surface area contributed by atoms with Crippen LogP contribution < -0.4 is 0 Å². The van der Waals surface area contributed by atoms with E-state index in [2.05, 4.69) is 4.98 Å². The minimum Gasteiger partial charge on any atom is -0.481 e. The number of carboxylic acid groups (broad SMARTS) is 1. The number of hydrogen-bond donors (Lipinski definition) is 1. The number of rotatable bonds is 2. The maximum atomic E-state index is 10.9. The van der Waals surface area contributed by atoms with Gasteiger partial charge in [0.15, 0.2) is 0 Å². The third-order valence-electron chi connectivity index (χ3n) is 2.06. The van der Waals surface area contributed by atoms with Crippen molar-refractivity contribution in [3.63, 3.8) is 0 Å². The van der Waals surface area contributed by atoms with E-state index in [-0.39, 0.29) is 0 Å². The smallest absolute Gasteiger partial charge is 0.315 e. The second-order valence-electron chi connectivity index (χ2n) is 3.59. The molecule has 1 aromatic rings. The number of nitrogens with zero attached hydrogens (tertiary/aromatic N) is 1. The van der Waals surface area contributed by atoms with E-state index in [0.717, 1.165) is 5.69 Å². The lowest BCUT2D eigenvalue weighted by Gasteiger charge is -2.18. The van der Waals surface area contributed by atoms with Crippen LogP contribution in [0, 0.1) is 6.92 Å². The van der Waals surface area contributed by atoms with Crippen molar-refractivity contribution in [2.24, 2.45) is 0 Å². The van der Waals surface area contributed by atoms with Crippen LogP contribution in [0.25, 0.3) is 0 Å². The summed E-state index contributed by atoms with van der Waals surface area (Å²) in [6.07, 6.45) is 0. The van der Waals surface area contributed by atoms with E-state index in [1.807, 2.05) is 19.1 Å². The highest BCUT2D eigenvalue weighted by atomic mass is 16.4. The van der Waals surface area contributed by atoms with E-state index < -0.39 is 11.4 Å². The van der Waals surface area contributed by atoms with Crippen LogP contribution in [0.4, 0.5) is 0 Å². The molecule has 3 heteroatoms. The Hall–Kier alpha value is -1.38. The Bertz CT molecular complexity index is 331. The van der Waals surface area contributed by atoms with Gasteiger partial charge in [-0.05, 0) is 32.9 Å². The fraction of sp³-hybridized carbons (Fsp3) is 0.400. The summed E-state index contributed by atoms with van der Waals surface area (Å²) in [5.74, 6) is -0.856. The van der Waals surface area contributed by atoms with Gasteiger partial charge in [-0.3, -0.25) is 9.78 Å². The zero-order chi connectivity index (χ0) is 10.1. The zero-order valence-electron chi connectivity index (χ0n) is 8.03. The summed E-state index contributed by atoms with van der Waals surface area (Å²) in [4.78, 5) is 15.1. The SMILES string of the molecule is Cc1cccc(C(C)(C)C(=O)O)n1. The number of pyridine rings is 1.